The molecule has 0 bridgehead atoms. The summed E-state index contributed by atoms with van der Waals surface area (Å²) in [4.78, 5) is 0. The van der Waals surface area contributed by atoms with Crippen LogP contribution in [-0.4, -0.2) is 31.2 Å². The number of likely N-dealkylation sites (tertiary alicyclic amines) is 1. The summed E-state index contributed by atoms with van der Waals surface area (Å²) in [6.07, 6.45) is 14.8. The van der Waals surface area contributed by atoms with E-state index in [1.54, 1.807) is 5.57 Å². The summed E-state index contributed by atoms with van der Waals surface area (Å²) in [7, 11) is 2.43. The summed E-state index contributed by atoms with van der Waals surface area (Å²) >= 11 is 0. The average molecular weight is 244 g/mol. The Hall–Kier alpha value is -0.820. The van der Waals surface area contributed by atoms with E-state index in [2.05, 4.69) is 51.3 Å². The molecule has 0 radical (unpaired) electrons. The summed E-state index contributed by atoms with van der Waals surface area (Å²) in [5, 5.41) is 0. The lowest BCUT2D eigenvalue weighted by Crippen LogP contribution is -2.54. The third-order valence-electron chi connectivity index (χ3n) is 5.49. The second kappa shape index (κ2) is 4.09. The first-order chi connectivity index (χ1) is 8.55. The minimum atomic E-state index is 0.397. The molecule has 0 N–H and O–H groups in total. The molecule has 1 heteroatoms. The minimum Gasteiger partial charge on any atom is -0.326 e. The lowest BCUT2D eigenvalue weighted by Gasteiger charge is -2.47. The van der Waals surface area contributed by atoms with Gasteiger partial charge in [-0.1, -0.05) is 37.3 Å². The van der Waals surface area contributed by atoms with E-state index in [-0.39, 0.29) is 0 Å². The van der Waals surface area contributed by atoms with Crippen LogP contribution in [0.5, 0.6) is 0 Å². The molecule has 1 fully saturated rings. The van der Waals surface area contributed by atoms with Gasteiger partial charge in [0, 0.05) is 17.3 Å². The molecule has 4 atom stereocenters. The Bertz CT molecular complexity index is 431. The van der Waals surface area contributed by atoms with Crippen molar-refractivity contribution in [2.45, 2.75) is 26.7 Å². The van der Waals surface area contributed by atoms with E-state index in [1.807, 2.05) is 0 Å². The van der Waals surface area contributed by atoms with E-state index in [9.17, 15) is 0 Å². The molecular weight excluding hydrogens is 218 g/mol. The van der Waals surface area contributed by atoms with Gasteiger partial charge in [-0.3, -0.25) is 0 Å². The Kier molecular flexibility index (Phi) is 2.78. The van der Waals surface area contributed by atoms with E-state index in [0.717, 1.165) is 0 Å². The van der Waals surface area contributed by atoms with Gasteiger partial charge in [0.15, 0.2) is 0 Å². The summed E-state index contributed by atoms with van der Waals surface area (Å²) in [5.74, 6) is 1.40. The quantitative estimate of drug-likeness (QED) is 0.515. The number of allylic oxidation sites excluding steroid dienone is 5. The summed E-state index contributed by atoms with van der Waals surface area (Å²) in [6.45, 7) is 8.74. The fraction of sp³-hybridized carbons (Fsp3) is 0.647. The second-order valence-corrected chi connectivity index (χ2v) is 7.00. The van der Waals surface area contributed by atoms with Crippen molar-refractivity contribution in [1.29, 1.82) is 0 Å². The fourth-order valence-electron chi connectivity index (χ4n) is 3.96. The number of fused-ring (bicyclic) bond motifs is 1. The maximum absolute atomic E-state index is 2.54. The monoisotopic (exact) mass is 244 g/mol. The summed E-state index contributed by atoms with van der Waals surface area (Å²) < 4.78 is 1.24. The topological polar surface area (TPSA) is 0 Å². The molecule has 1 aliphatic heterocycles. The normalized spacial score (nSPS) is 46.3. The number of hydrogen-bond donors (Lipinski definition) is 0. The zero-order chi connectivity index (χ0) is 12.8. The van der Waals surface area contributed by atoms with Crippen LogP contribution < -0.4 is 0 Å². The molecule has 1 saturated heterocycles. The van der Waals surface area contributed by atoms with Crippen molar-refractivity contribution in [3.05, 3.63) is 36.0 Å². The predicted octanol–water partition coefficient (Wildman–Crippen LogP) is 3.55. The lowest BCUT2D eigenvalue weighted by molar-refractivity contribution is -0.918. The van der Waals surface area contributed by atoms with Gasteiger partial charge in [-0.05, 0) is 25.3 Å². The maximum atomic E-state index is 2.54. The minimum absolute atomic E-state index is 0.397. The van der Waals surface area contributed by atoms with Crippen LogP contribution in [0.2, 0.25) is 0 Å². The highest BCUT2D eigenvalue weighted by molar-refractivity contribution is 5.38. The molecule has 1 nitrogen and oxygen atoms in total. The molecule has 0 amide bonds. The van der Waals surface area contributed by atoms with Crippen LogP contribution in [0.4, 0.5) is 0 Å². The van der Waals surface area contributed by atoms with E-state index >= 15 is 0 Å². The third kappa shape index (κ3) is 1.89. The van der Waals surface area contributed by atoms with Crippen LogP contribution in [0.3, 0.4) is 0 Å². The van der Waals surface area contributed by atoms with E-state index in [4.69, 9.17) is 0 Å². The van der Waals surface area contributed by atoms with Gasteiger partial charge >= 0.3 is 0 Å². The van der Waals surface area contributed by atoms with Gasteiger partial charge in [0.25, 0.3) is 0 Å². The van der Waals surface area contributed by atoms with Gasteiger partial charge in [0.1, 0.15) is 0 Å². The first kappa shape index (κ1) is 12.2. The molecule has 3 rings (SSSR count). The summed E-state index contributed by atoms with van der Waals surface area (Å²) in [5.41, 5.74) is 2.00. The number of piperidine rings is 1. The molecule has 98 valence electrons. The molecule has 0 saturated carbocycles. The van der Waals surface area contributed by atoms with Crippen molar-refractivity contribution >= 4 is 0 Å². The second-order valence-electron chi connectivity index (χ2n) is 7.00. The van der Waals surface area contributed by atoms with Crippen molar-refractivity contribution in [3.8, 4) is 0 Å². The fourth-order valence-corrected chi connectivity index (χ4v) is 3.96. The molecule has 0 aromatic carbocycles. The standard InChI is InChI=1S/C17H26N/c1-4-18(3)11-5-10-17(2,13-18)16-9-8-14-6-7-15(14)12-16/h6-9,12,14-15H,4-5,10-11,13H2,1-3H3/q+1/t14?,15-,17-,18?/m0/s1. The van der Waals surface area contributed by atoms with Crippen LogP contribution in [0, 0.1) is 17.3 Å². The molecule has 1 heterocycles. The van der Waals surface area contributed by atoms with Crippen molar-refractivity contribution in [3.63, 3.8) is 0 Å². The molecule has 3 aliphatic rings. The highest BCUT2D eigenvalue weighted by atomic mass is 15.3. The highest BCUT2D eigenvalue weighted by Crippen LogP contribution is 2.44. The van der Waals surface area contributed by atoms with Crippen LogP contribution in [0.25, 0.3) is 0 Å². The molecule has 0 spiro atoms. The Labute approximate surface area is 111 Å². The lowest BCUT2D eigenvalue weighted by atomic mass is 9.68. The number of quaternary nitrogens is 1. The maximum Gasteiger partial charge on any atom is 0.0879 e. The molecule has 18 heavy (non-hydrogen) atoms. The van der Waals surface area contributed by atoms with E-state index < -0.39 is 0 Å². The molecule has 0 aromatic heterocycles. The van der Waals surface area contributed by atoms with Crippen molar-refractivity contribution in [1.82, 2.24) is 0 Å². The van der Waals surface area contributed by atoms with Crippen molar-refractivity contribution < 1.29 is 4.48 Å². The van der Waals surface area contributed by atoms with Gasteiger partial charge in [0.2, 0.25) is 0 Å². The summed E-state index contributed by atoms with van der Waals surface area (Å²) in [6, 6.07) is 0. The number of nitrogens with zero attached hydrogens (tertiary/aromatic N) is 1. The van der Waals surface area contributed by atoms with Crippen LogP contribution in [-0.2, 0) is 0 Å². The van der Waals surface area contributed by atoms with Gasteiger partial charge in [-0.2, -0.15) is 0 Å². The SMILES string of the molecule is CC[N+]1(C)CCC[C@](C)(C2=C[C@@H]3C=CC3C=C2)C1. The van der Waals surface area contributed by atoms with Crippen molar-refractivity contribution in [2.24, 2.45) is 17.3 Å². The number of hydrogen-bond acceptors (Lipinski definition) is 0. The first-order valence-electron chi connectivity index (χ1n) is 7.47. The molecule has 0 aromatic rings. The van der Waals surface area contributed by atoms with Gasteiger partial charge < -0.3 is 4.48 Å². The zero-order valence-corrected chi connectivity index (χ0v) is 12.0. The van der Waals surface area contributed by atoms with Crippen molar-refractivity contribution in [2.75, 3.05) is 26.7 Å². The molecular formula is C17H26N+. The Balaban J connectivity index is 1.84. The number of rotatable bonds is 2. The largest absolute Gasteiger partial charge is 0.326 e. The molecule has 2 aliphatic carbocycles. The van der Waals surface area contributed by atoms with E-state index in [1.165, 1.54) is 37.0 Å². The van der Waals surface area contributed by atoms with Crippen LogP contribution in [0.15, 0.2) is 36.0 Å². The van der Waals surface area contributed by atoms with Gasteiger partial charge in [0.05, 0.1) is 26.7 Å². The third-order valence-corrected chi connectivity index (χ3v) is 5.49. The Morgan fingerprint density at radius 3 is 2.67 bits per heavy atom. The van der Waals surface area contributed by atoms with Crippen LogP contribution in [0.1, 0.15) is 26.7 Å². The van der Waals surface area contributed by atoms with Gasteiger partial charge in [-0.25, -0.2) is 0 Å². The Morgan fingerprint density at radius 2 is 2.06 bits per heavy atom. The average Bonchev–Trinajstić information content (AvgIpc) is 2.30. The highest BCUT2D eigenvalue weighted by Gasteiger charge is 2.41. The smallest absolute Gasteiger partial charge is 0.0879 e. The zero-order valence-electron chi connectivity index (χ0n) is 12.0. The van der Waals surface area contributed by atoms with Gasteiger partial charge in [-0.15, -0.1) is 0 Å². The molecule has 2 unspecified atom stereocenters. The Morgan fingerprint density at radius 1 is 1.28 bits per heavy atom. The predicted molar refractivity (Wildman–Crippen MR) is 77.1 cm³/mol. The van der Waals surface area contributed by atoms with E-state index in [0.29, 0.717) is 17.3 Å². The van der Waals surface area contributed by atoms with Crippen LogP contribution >= 0.6 is 0 Å². The first-order valence-corrected chi connectivity index (χ1v) is 7.47.